The van der Waals surface area contributed by atoms with Gasteiger partial charge in [-0.15, -0.1) is 0 Å². The van der Waals surface area contributed by atoms with Gasteiger partial charge < -0.3 is 5.32 Å². The minimum atomic E-state index is -0.138. The van der Waals surface area contributed by atoms with Crippen LogP contribution >= 0.6 is 0 Å². The van der Waals surface area contributed by atoms with Crippen molar-refractivity contribution < 1.29 is 4.79 Å². The Labute approximate surface area is 97.4 Å². The molecule has 0 saturated heterocycles. The van der Waals surface area contributed by atoms with Gasteiger partial charge in [0.05, 0.1) is 0 Å². The Hall–Kier alpha value is -1.57. The highest BCUT2D eigenvalue weighted by Crippen LogP contribution is 2.22. The maximum absolute atomic E-state index is 11.0. The van der Waals surface area contributed by atoms with Crippen molar-refractivity contribution in [2.75, 3.05) is 0 Å². The van der Waals surface area contributed by atoms with Crippen molar-refractivity contribution in [2.45, 2.75) is 32.7 Å². The molecule has 0 radical (unpaired) electrons. The summed E-state index contributed by atoms with van der Waals surface area (Å²) in [5.74, 6) is -0.138. The van der Waals surface area contributed by atoms with Gasteiger partial charge in [0.25, 0.3) is 0 Å². The lowest BCUT2D eigenvalue weighted by molar-refractivity contribution is -0.116. The molecular weight excluding hydrogens is 198 g/mol. The van der Waals surface area contributed by atoms with Gasteiger partial charge in [-0.1, -0.05) is 51.6 Å². The van der Waals surface area contributed by atoms with Crippen LogP contribution in [0.3, 0.4) is 0 Å². The molecule has 1 aromatic carbocycles. The van der Waals surface area contributed by atoms with Crippen molar-refractivity contribution in [3.05, 3.63) is 48.0 Å². The van der Waals surface area contributed by atoms with E-state index in [1.807, 2.05) is 12.1 Å². The minimum Gasteiger partial charge on any atom is -0.348 e. The summed E-state index contributed by atoms with van der Waals surface area (Å²) in [6.07, 6.45) is 1.29. The number of hydrogen-bond acceptors (Lipinski definition) is 1. The molecule has 2 heteroatoms. The van der Waals surface area contributed by atoms with Gasteiger partial charge in [0.2, 0.25) is 5.91 Å². The van der Waals surface area contributed by atoms with Crippen LogP contribution in [-0.2, 0) is 16.8 Å². The van der Waals surface area contributed by atoms with Crippen molar-refractivity contribution in [3.8, 4) is 0 Å². The Bertz CT molecular complexity index is 388. The third-order valence-corrected chi connectivity index (χ3v) is 2.45. The summed E-state index contributed by atoms with van der Waals surface area (Å²) in [6, 6.07) is 8.27. The van der Waals surface area contributed by atoms with Crippen molar-refractivity contribution in [1.82, 2.24) is 5.32 Å². The second-order valence-electron chi connectivity index (χ2n) is 4.87. The number of hydrogen-bond donors (Lipinski definition) is 1. The monoisotopic (exact) mass is 217 g/mol. The van der Waals surface area contributed by atoms with Crippen molar-refractivity contribution in [1.29, 1.82) is 0 Å². The first-order valence-corrected chi connectivity index (χ1v) is 5.43. The van der Waals surface area contributed by atoms with E-state index in [1.54, 1.807) is 0 Å². The van der Waals surface area contributed by atoms with E-state index in [1.165, 1.54) is 11.6 Å². The summed E-state index contributed by atoms with van der Waals surface area (Å²) in [4.78, 5) is 11.0. The Morgan fingerprint density at radius 2 is 2.12 bits per heavy atom. The number of benzene rings is 1. The molecule has 86 valence electrons. The molecule has 0 aromatic heterocycles. The lowest BCUT2D eigenvalue weighted by atomic mass is 9.86. The molecule has 0 heterocycles. The Morgan fingerprint density at radius 3 is 2.69 bits per heavy atom. The molecule has 0 bridgehead atoms. The predicted octanol–water partition coefficient (Wildman–Crippen LogP) is 2.79. The van der Waals surface area contributed by atoms with E-state index in [0.29, 0.717) is 6.54 Å². The van der Waals surface area contributed by atoms with Crippen LogP contribution in [0.2, 0.25) is 0 Å². The van der Waals surface area contributed by atoms with Crippen LogP contribution in [0.15, 0.2) is 36.9 Å². The van der Waals surface area contributed by atoms with Crippen LogP contribution in [0, 0.1) is 0 Å². The highest BCUT2D eigenvalue weighted by Gasteiger charge is 2.13. The molecule has 0 aliphatic heterocycles. The summed E-state index contributed by atoms with van der Waals surface area (Å²) in [7, 11) is 0. The minimum absolute atomic E-state index is 0.137. The van der Waals surface area contributed by atoms with E-state index in [0.717, 1.165) is 5.56 Å². The molecular formula is C14H19NO. The van der Waals surface area contributed by atoms with Crippen LogP contribution in [0.1, 0.15) is 31.9 Å². The van der Waals surface area contributed by atoms with Crippen LogP contribution in [0.5, 0.6) is 0 Å². The molecule has 0 saturated carbocycles. The molecule has 1 amide bonds. The highest BCUT2D eigenvalue weighted by molar-refractivity contribution is 5.86. The summed E-state index contributed by atoms with van der Waals surface area (Å²) in [6.45, 7) is 10.5. The first-order chi connectivity index (χ1) is 7.43. The maximum atomic E-state index is 11.0. The van der Waals surface area contributed by atoms with Gasteiger partial charge in [0, 0.05) is 6.54 Å². The lowest BCUT2D eigenvalue weighted by Crippen LogP contribution is -2.20. The number of carbonyl (C=O) groups excluding carboxylic acids is 1. The molecule has 0 aliphatic carbocycles. The van der Waals surface area contributed by atoms with E-state index in [4.69, 9.17) is 0 Å². The Kier molecular flexibility index (Phi) is 3.88. The quantitative estimate of drug-likeness (QED) is 0.775. The van der Waals surface area contributed by atoms with Crippen molar-refractivity contribution in [2.24, 2.45) is 0 Å². The van der Waals surface area contributed by atoms with E-state index < -0.39 is 0 Å². The van der Waals surface area contributed by atoms with E-state index in [9.17, 15) is 4.79 Å². The summed E-state index contributed by atoms with van der Waals surface area (Å²) in [5, 5.41) is 2.77. The SMILES string of the molecule is C=CC(=O)NCc1cccc(C(C)(C)C)c1. The van der Waals surface area contributed by atoms with Crippen LogP contribution in [-0.4, -0.2) is 5.91 Å². The highest BCUT2D eigenvalue weighted by atomic mass is 16.1. The van der Waals surface area contributed by atoms with Gasteiger partial charge in [0.1, 0.15) is 0 Å². The number of amides is 1. The normalized spacial score (nSPS) is 10.9. The number of carbonyl (C=O) groups is 1. The second-order valence-corrected chi connectivity index (χ2v) is 4.87. The molecule has 1 rings (SSSR count). The number of nitrogens with one attached hydrogen (secondary N) is 1. The average Bonchev–Trinajstić information content (AvgIpc) is 2.25. The molecule has 16 heavy (non-hydrogen) atoms. The summed E-state index contributed by atoms with van der Waals surface area (Å²) in [5.41, 5.74) is 2.53. The molecule has 1 aromatic rings. The van der Waals surface area contributed by atoms with Gasteiger partial charge >= 0.3 is 0 Å². The Balaban J connectivity index is 2.75. The standard InChI is InChI=1S/C14H19NO/c1-5-13(16)15-10-11-7-6-8-12(9-11)14(2,3)4/h5-9H,1,10H2,2-4H3,(H,15,16). The van der Waals surface area contributed by atoms with Crippen molar-refractivity contribution >= 4 is 5.91 Å². The third kappa shape index (κ3) is 3.54. The first-order valence-electron chi connectivity index (χ1n) is 5.43. The molecule has 0 spiro atoms. The van der Waals surface area contributed by atoms with Crippen molar-refractivity contribution in [3.63, 3.8) is 0 Å². The van der Waals surface area contributed by atoms with Gasteiger partial charge in [-0.25, -0.2) is 0 Å². The fourth-order valence-electron chi connectivity index (χ4n) is 1.41. The van der Waals surface area contributed by atoms with Gasteiger partial charge in [-0.2, -0.15) is 0 Å². The topological polar surface area (TPSA) is 29.1 Å². The second kappa shape index (κ2) is 4.97. The lowest BCUT2D eigenvalue weighted by Gasteiger charge is -2.19. The zero-order chi connectivity index (χ0) is 12.2. The van der Waals surface area contributed by atoms with E-state index >= 15 is 0 Å². The molecule has 0 aliphatic rings. The zero-order valence-corrected chi connectivity index (χ0v) is 10.2. The third-order valence-electron chi connectivity index (χ3n) is 2.45. The fourth-order valence-corrected chi connectivity index (χ4v) is 1.41. The Morgan fingerprint density at radius 1 is 1.44 bits per heavy atom. The largest absolute Gasteiger partial charge is 0.348 e. The first kappa shape index (κ1) is 12.5. The molecule has 0 atom stereocenters. The fraction of sp³-hybridized carbons (Fsp3) is 0.357. The smallest absolute Gasteiger partial charge is 0.243 e. The van der Waals surface area contributed by atoms with E-state index in [-0.39, 0.29) is 11.3 Å². The zero-order valence-electron chi connectivity index (χ0n) is 10.2. The molecule has 1 N–H and O–H groups in total. The van der Waals surface area contributed by atoms with E-state index in [2.05, 4.69) is 44.8 Å². The predicted molar refractivity (Wildman–Crippen MR) is 67.2 cm³/mol. The number of rotatable bonds is 3. The molecule has 0 unspecified atom stereocenters. The average molecular weight is 217 g/mol. The molecule has 2 nitrogen and oxygen atoms in total. The van der Waals surface area contributed by atoms with Gasteiger partial charge in [0.15, 0.2) is 0 Å². The van der Waals surface area contributed by atoms with Gasteiger partial charge in [-0.05, 0) is 22.6 Å². The van der Waals surface area contributed by atoms with Gasteiger partial charge in [-0.3, -0.25) is 4.79 Å². The summed E-state index contributed by atoms with van der Waals surface area (Å²) >= 11 is 0. The van der Waals surface area contributed by atoms with Crippen LogP contribution < -0.4 is 5.32 Å². The van der Waals surface area contributed by atoms with Crippen LogP contribution in [0.4, 0.5) is 0 Å². The maximum Gasteiger partial charge on any atom is 0.243 e. The summed E-state index contributed by atoms with van der Waals surface area (Å²) < 4.78 is 0. The van der Waals surface area contributed by atoms with Crippen LogP contribution in [0.25, 0.3) is 0 Å². The molecule has 0 fully saturated rings.